The van der Waals surface area contributed by atoms with E-state index in [0.29, 0.717) is 11.8 Å². The topological polar surface area (TPSA) is 8.17 Å². The average Bonchev–Trinajstić information content (AvgIpc) is 4.26. The standard InChI is InChI=1S/C66H48N2/c1-3-18-42(19-4-1)48-28-15-20-43-21-16-29-53(64(43)48)51-25-8-12-32-60(51)68(47-36-37-50-49-24-7-11-31-56(49)66(59(50)41-47)57-39-44-38-45(57)40-58(44)66)61-33-13-9-26-52(61)54-30-17-35-63-65(54)55-27-10-14-34-62(55)67(63)46-22-5-2-6-23-46/h1-37,41,44-45,57-58H,38-40H2. The third kappa shape index (κ3) is 5.18. The van der Waals surface area contributed by atoms with E-state index in [-0.39, 0.29) is 5.41 Å². The summed E-state index contributed by atoms with van der Waals surface area (Å²) >= 11 is 0. The Labute approximate surface area is 397 Å². The van der Waals surface area contributed by atoms with Crippen LogP contribution in [0.3, 0.4) is 0 Å². The fourth-order valence-electron chi connectivity index (χ4n) is 14.7. The van der Waals surface area contributed by atoms with Crippen molar-refractivity contribution in [3.63, 3.8) is 0 Å². The van der Waals surface area contributed by atoms with Crippen molar-refractivity contribution in [3.8, 4) is 50.2 Å². The van der Waals surface area contributed by atoms with Crippen molar-refractivity contribution in [2.75, 3.05) is 4.90 Å². The predicted octanol–water partition coefficient (Wildman–Crippen LogP) is 17.4. The molecule has 10 aromatic carbocycles. The normalized spacial score (nSPS) is 20.5. The van der Waals surface area contributed by atoms with E-state index in [2.05, 4.69) is 240 Å². The highest BCUT2D eigenvalue weighted by molar-refractivity contribution is 6.17. The van der Waals surface area contributed by atoms with E-state index in [1.807, 2.05) is 0 Å². The smallest absolute Gasteiger partial charge is 0.0547 e. The molecule has 0 radical (unpaired) electrons. The van der Waals surface area contributed by atoms with Gasteiger partial charge in [-0.2, -0.15) is 0 Å². The first kappa shape index (κ1) is 38.2. The van der Waals surface area contributed by atoms with Crippen molar-refractivity contribution in [2.24, 2.45) is 23.7 Å². The maximum atomic E-state index is 2.65. The Hall–Kier alpha value is -7.94. The minimum Gasteiger partial charge on any atom is -0.309 e. The second-order valence-electron chi connectivity index (χ2n) is 19.9. The largest absolute Gasteiger partial charge is 0.309 e. The summed E-state index contributed by atoms with van der Waals surface area (Å²) in [4.78, 5) is 2.62. The molecule has 322 valence electrons. The van der Waals surface area contributed by atoms with Crippen molar-refractivity contribution in [2.45, 2.75) is 24.7 Å². The van der Waals surface area contributed by atoms with Crippen LogP contribution in [0.1, 0.15) is 30.4 Å². The molecule has 0 aliphatic heterocycles. The van der Waals surface area contributed by atoms with E-state index in [1.165, 1.54) is 102 Å². The Morgan fingerprint density at radius 2 is 0.926 bits per heavy atom. The van der Waals surface area contributed by atoms with Crippen LogP contribution in [0.15, 0.2) is 231 Å². The highest BCUT2D eigenvalue weighted by Gasteiger charge is 2.70. The lowest BCUT2D eigenvalue weighted by atomic mass is 9.66. The molecule has 11 aromatic rings. The Bertz CT molecular complexity index is 3800. The molecule has 1 spiro atoms. The molecule has 0 saturated heterocycles. The van der Waals surface area contributed by atoms with Crippen molar-refractivity contribution in [3.05, 3.63) is 242 Å². The molecule has 68 heavy (non-hydrogen) atoms. The predicted molar refractivity (Wildman–Crippen MR) is 283 cm³/mol. The third-order valence-corrected chi connectivity index (χ3v) is 17.0. The molecule has 2 nitrogen and oxygen atoms in total. The van der Waals surface area contributed by atoms with Crippen LogP contribution in [-0.2, 0) is 5.41 Å². The first-order valence-corrected chi connectivity index (χ1v) is 24.6. The van der Waals surface area contributed by atoms with Gasteiger partial charge in [0.25, 0.3) is 0 Å². The molecule has 4 unspecified atom stereocenters. The van der Waals surface area contributed by atoms with Crippen LogP contribution in [-0.4, -0.2) is 4.57 Å². The second-order valence-corrected chi connectivity index (χ2v) is 19.9. The summed E-state index contributed by atoms with van der Waals surface area (Å²) in [7, 11) is 0. The van der Waals surface area contributed by atoms with E-state index in [9.17, 15) is 0 Å². The summed E-state index contributed by atoms with van der Waals surface area (Å²) in [5.41, 5.74) is 20.5. The van der Waals surface area contributed by atoms with Gasteiger partial charge in [0.1, 0.15) is 0 Å². The van der Waals surface area contributed by atoms with Gasteiger partial charge in [-0.1, -0.05) is 182 Å². The summed E-state index contributed by atoms with van der Waals surface area (Å²) in [6.45, 7) is 0. The van der Waals surface area contributed by atoms with Crippen LogP contribution in [0.2, 0.25) is 0 Å². The van der Waals surface area contributed by atoms with Crippen molar-refractivity contribution < 1.29 is 0 Å². The van der Waals surface area contributed by atoms with Gasteiger partial charge in [-0.25, -0.2) is 0 Å². The third-order valence-electron chi connectivity index (χ3n) is 17.0. The zero-order chi connectivity index (χ0) is 44.5. The van der Waals surface area contributed by atoms with Crippen LogP contribution in [0.5, 0.6) is 0 Å². The highest BCUT2D eigenvalue weighted by atomic mass is 15.1. The summed E-state index contributed by atoms with van der Waals surface area (Å²) < 4.78 is 2.44. The monoisotopic (exact) mass is 868 g/mol. The van der Waals surface area contributed by atoms with Crippen molar-refractivity contribution in [1.29, 1.82) is 0 Å². The van der Waals surface area contributed by atoms with E-state index >= 15 is 0 Å². The zero-order valence-corrected chi connectivity index (χ0v) is 37.8. The number of hydrogen-bond donors (Lipinski definition) is 0. The van der Waals surface area contributed by atoms with Gasteiger partial charge in [-0.3, -0.25) is 0 Å². The SMILES string of the molecule is c1ccc(-c2cccc3cccc(-c4ccccc4N(c4ccc5c(c4)C4(c6ccccc6-5)C5CC6CC5CC64)c4ccccc4-c4cccc5c4c4ccccc4n5-c4ccccc4)c23)cc1. The number of aromatic nitrogens is 1. The minimum atomic E-state index is 0.0747. The zero-order valence-electron chi connectivity index (χ0n) is 37.8. The summed E-state index contributed by atoms with van der Waals surface area (Å²) in [6, 6.07) is 86.6. The molecule has 1 aromatic heterocycles. The van der Waals surface area contributed by atoms with Crippen LogP contribution in [0.4, 0.5) is 17.1 Å². The number of fused-ring (bicyclic) bond motifs is 7. The Morgan fingerprint density at radius 1 is 0.382 bits per heavy atom. The molecule has 2 heteroatoms. The molecule has 5 aliphatic rings. The quantitative estimate of drug-likeness (QED) is 0.155. The van der Waals surface area contributed by atoms with Gasteiger partial charge in [-0.05, 0) is 147 Å². The summed E-state index contributed by atoms with van der Waals surface area (Å²) in [5.74, 6) is 3.06. The van der Waals surface area contributed by atoms with Crippen LogP contribution in [0.25, 0.3) is 82.8 Å². The molecule has 16 rings (SSSR count). The van der Waals surface area contributed by atoms with Crippen LogP contribution < -0.4 is 4.90 Å². The van der Waals surface area contributed by atoms with Gasteiger partial charge < -0.3 is 9.47 Å². The van der Waals surface area contributed by atoms with E-state index in [4.69, 9.17) is 0 Å². The number of anilines is 3. The molecule has 4 bridgehead atoms. The summed E-state index contributed by atoms with van der Waals surface area (Å²) in [5, 5.41) is 5.02. The molecule has 5 aliphatic carbocycles. The van der Waals surface area contributed by atoms with Gasteiger partial charge in [-0.15, -0.1) is 0 Å². The Kier molecular flexibility index (Phi) is 8.16. The fraction of sp³-hybridized carbons (Fsp3) is 0.121. The Morgan fingerprint density at radius 3 is 1.65 bits per heavy atom. The van der Waals surface area contributed by atoms with Crippen molar-refractivity contribution >= 4 is 49.6 Å². The molecule has 0 amide bonds. The van der Waals surface area contributed by atoms with E-state index in [0.717, 1.165) is 28.9 Å². The molecule has 1 heterocycles. The molecule has 4 saturated carbocycles. The Balaban J connectivity index is 1.01. The van der Waals surface area contributed by atoms with E-state index < -0.39 is 0 Å². The maximum Gasteiger partial charge on any atom is 0.0547 e. The minimum absolute atomic E-state index is 0.0747. The summed E-state index contributed by atoms with van der Waals surface area (Å²) in [6.07, 6.45) is 4.16. The highest BCUT2D eigenvalue weighted by Crippen LogP contribution is 2.77. The molecule has 0 N–H and O–H groups in total. The number of nitrogens with zero attached hydrogens (tertiary/aromatic N) is 2. The van der Waals surface area contributed by atoms with Gasteiger partial charge >= 0.3 is 0 Å². The first-order valence-electron chi connectivity index (χ1n) is 24.6. The van der Waals surface area contributed by atoms with Crippen molar-refractivity contribution in [1.82, 2.24) is 4.57 Å². The van der Waals surface area contributed by atoms with Gasteiger partial charge in [0.05, 0.1) is 22.4 Å². The lowest BCUT2D eigenvalue weighted by molar-refractivity contribution is 0.307. The number of para-hydroxylation sites is 4. The van der Waals surface area contributed by atoms with Crippen LogP contribution >= 0.6 is 0 Å². The van der Waals surface area contributed by atoms with Gasteiger partial charge in [0, 0.05) is 38.7 Å². The maximum absolute atomic E-state index is 2.65. The average molecular weight is 869 g/mol. The number of rotatable bonds is 7. The number of benzene rings is 10. The molecule has 4 fully saturated rings. The lowest BCUT2D eigenvalue weighted by Gasteiger charge is -2.37. The van der Waals surface area contributed by atoms with Gasteiger partial charge in [0.15, 0.2) is 0 Å². The molecular formula is C66H48N2. The molecular weight excluding hydrogens is 821 g/mol. The van der Waals surface area contributed by atoms with E-state index in [1.54, 1.807) is 11.1 Å². The first-order chi connectivity index (χ1) is 33.8. The fourth-order valence-corrected chi connectivity index (χ4v) is 14.7. The van der Waals surface area contributed by atoms with Gasteiger partial charge in [0.2, 0.25) is 0 Å². The molecule has 4 atom stereocenters. The second kappa shape index (κ2) is 14.5. The number of hydrogen-bond acceptors (Lipinski definition) is 1. The van der Waals surface area contributed by atoms with Crippen LogP contribution in [0, 0.1) is 23.7 Å². The lowest BCUT2D eigenvalue weighted by Crippen LogP contribution is -2.34.